The minimum absolute atomic E-state index is 0.102. The van der Waals surface area contributed by atoms with Crippen LogP contribution < -0.4 is 4.74 Å². The fourth-order valence-corrected chi connectivity index (χ4v) is 4.98. The Bertz CT molecular complexity index is 885. The lowest BCUT2D eigenvalue weighted by atomic mass is 9.88. The van der Waals surface area contributed by atoms with E-state index in [2.05, 4.69) is 46.0 Å². The topological polar surface area (TPSA) is 48.9 Å². The molecular formula is C23H30N4O2. The normalized spacial score (nSPS) is 23.9. The smallest absolute Gasteiger partial charge is 0.320 e. The second kappa shape index (κ2) is 8.03. The number of aryl methyl sites for hydroxylation is 1. The van der Waals surface area contributed by atoms with Gasteiger partial charge in [-0.1, -0.05) is 24.3 Å². The zero-order valence-electron chi connectivity index (χ0n) is 17.7. The summed E-state index contributed by atoms with van der Waals surface area (Å²) >= 11 is 0. The van der Waals surface area contributed by atoms with E-state index in [0.29, 0.717) is 11.8 Å². The van der Waals surface area contributed by atoms with Crippen LogP contribution in [0.2, 0.25) is 0 Å². The van der Waals surface area contributed by atoms with Gasteiger partial charge in [0.1, 0.15) is 5.75 Å². The molecule has 0 spiro atoms. The Hall–Kier alpha value is -2.60. The number of hydrogen-bond acceptors (Lipinski definition) is 4. The van der Waals surface area contributed by atoms with Crippen molar-refractivity contribution in [3.8, 4) is 5.75 Å². The summed E-state index contributed by atoms with van der Waals surface area (Å²) in [5.41, 5.74) is 3.50. The molecule has 29 heavy (non-hydrogen) atoms. The van der Waals surface area contributed by atoms with Gasteiger partial charge in [-0.15, -0.1) is 0 Å². The van der Waals surface area contributed by atoms with E-state index < -0.39 is 0 Å². The maximum atomic E-state index is 12.9. The molecular weight excluding hydrogens is 364 g/mol. The standard InChI is InChI=1S/C23H30N4O2/c1-16-8-5-6-9-18(16)22-19-14-26(15-20-21(29-4)10-7-11-24-20)12-17(19)13-27(22)23(28)25(2)3/h5-11,17,19,22H,12-15H2,1-4H3/t17-,19-,22+/m1/s1. The molecule has 2 amide bonds. The van der Waals surface area contributed by atoms with Crippen LogP contribution in [-0.4, -0.2) is 66.6 Å². The van der Waals surface area contributed by atoms with E-state index in [4.69, 9.17) is 4.74 Å². The number of benzene rings is 1. The van der Waals surface area contributed by atoms with Crippen molar-refractivity contribution in [3.05, 3.63) is 59.4 Å². The second-order valence-corrected chi connectivity index (χ2v) is 8.40. The van der Waals surface area contributed by atoms with Gasteiger partial charge < -0.3 is 14.5 Å². The maximum absolute atomic E-state index is 12.9. The Balaban J connectivity index is 1.59. The first-order valence-electron chi connectivity index (χ1n) is 10.2. The molecule has 1 aromatic carbocycles. The number of likely N-dealkylation sites (tertiary alicyclic amines) is 2. The highest BCUT2D eigenvalue weighted by Crippen LogP contribution is 2.46. The number of carbonyl (C=O) groups excluding carboxylic acids is 1. The molecule has 0 bridgehead atoms. The number of carbonyl (C=O) groups is 1. The number of amides is 2. The van der Waals surface area contributed by atoms with Crippen LogP contribution in [0.25, 0.3) is 0 Å². The second-order valence-electron chi connectivity index (χ2n) is 8.40. The van der Waals surface area contributed by atoms with Crippen LogP contribution in [0.4, 0.5) is 4.79 Å². The number of methoxy groups -OCH3 is 1. The van der Waals surface area contributed by atoms with E-state index in [1.807, 2.05) is 32.4 Å². The summed E-state index contributed by atoms with van der Waals surface area (Å²) in [5, 5.41) is 0. The van der Waals surface area contributed by atoms with E-state index in [1.54, 1.807) is 12.0 Å². The van der Waals surface area contributed by atoms with E-state index in [-0.39, 0.29) is 12.1 Å². The lowest BCUT2D eigenvalue weighted by Gasteiger charge is -2.32. The van der Waals surface area contributed by atoms with Gasteiger partial charge in [0, 0.05) is 52.4 Å². The number of urea groups is 1. The molecule has 2 saturated heterocycles. The average molecular weight is 395 g/mol. The molecule has 0 N–H and O–H groups in total. The van der Waals surface area contributed by atoms with Gasteiger partial charge >= 0.3 is 6.03 Å². The van der Waals surface area contributed by atoms with Crippen LogP contribution >= 0.6 is 0 Å². The largest absolute Gasteiger partial charge is 0.495 e. The highest BCUT2D eigenvalue weighted by molar-refractivity contribution is 5.75. The lowest BCUT2D eigenvalue weighted by molar-refractivity contribution is 0.151. The van der Waals surface area contributed by atoms with Crippen LogP contribution in [0.15, 0.2) is 42.6 Å². The molecule has 6 heteroatoms. The van der Waals surface area contributed by atoms with Crippen LogP contribution in [0.3, 0.4) is 0 Å². The molecule has 2 aromatic rings. The van der Waals surface area contributed by atoms with Gasteiger partial charge in [0.05, 0.1) is 18.8 Å². The van der Waals surface area contributed by atoms with Crippen molar-refractivity contribution in [1.82, 2.24) is 19.7 Å². The highest BCUT2D eigenvalue weighted by Gasteiger charge is 2.49. The molecule has 2 fully saturated rings. The first-order valence-corrected chi connectivity index (χ1v) is 10.2. The number of ether oxygens (including phenoxy) is 1. The Morgan fingerprint density at radius 1 is 1.17 bits per heavy atom. The number of pyridine rings is 1. The van der Waals surface area contributed by atoms with Gasteiger partial charge in [-0.25, -0.2) is 4.79 Å². The molecule has 2 aliphatic rings. The molecule has 3 atom stereocenters. The minimum Gasteiger partial charge on any atom is -0.495 e. The molecule has 1 aromatic heterocycles. The maximum Gasteiger partial charge on any atom is 0.320 e. The summed E-state index contributed by atoms with van der Waals surface area (Å²) in [5.74, 6) is 1.73. The summed E-state index contributed by atoms with van der Waals surface area (Å²) in [7, 11) is 5.37. The molecule has 6 nitrogen and oxygen atoms in total. The Morgan fingerprint density at radius 2 is 1.97 bits per heavy atom. The summed E-state index contributed by atoms with van der Waals surface area (Å²) in [6, 6.07) is 12.6. The van der Waals surface area contributed by atoms with Crippen LogP contribution in [0.1, 0.15) is 22.9 Å². The van der Waals surface area contributed by atoms with E-state index in [9.17, 15) is 4.79 Å². The fraction of sp³-hybridized carbons (Fsp3) is 0.478. The van der Waals surface area contributed by atoms with Gasteiger partial charge in [0.2, 0.25) is 0 Å². The molecule has 0 saturated carbocycles. The van der Waals surface area contributed by atoms with Gasteiger partial charge in [0.15, 0.2) is 0 Å². The monoisotopic (exact) mass is 394 g/mol. The van der Waals surface area contributed by atoms with Crippen LogP contribution in [0.5, 0.6) is 5.75 Å². The zero-order valence-corrected chi connectivity index (χ0v) is 17.7. The molecule has 3 heterocycles. The first kappa shape index (κ1) is 19.7. The van der Waals surface area contributed by atoms with Crippen molar-refractivity contribution in [2.45, 2.75) is 19.5 Å². The molecule has 2 aliphatic heterocycles. The summed E-state index contributed by atoms with van der Waals surface area (Å²) in [4.78, 5) is 23.7. The van der Waals surface area contributed by atoms with Crippen molar-refractivity contribution in [2.24, 2.45) is 11.8 Å². The van der Waals surface area contributed by atoms with Crippen molar-refractivity contribution >= 4 is 6.03 Å². The SMILES string of the molecule is COc1cccnc1CN1C[C@@H]2CN(C(=O)N(C)C)[C@@H](c3ccccc3C)[C@@H]2C1. The van der Waals surface area contributed by atoms with Crippen molar-refractivity contribution in [2.75, 3.05) is 40.8 Å². The van der Waals surface area contributed by atoms with Crippen LogP contribution in [-0.2, 0) is 6.54 Å². The zero-order chi connectivity index (χ0) is 20.5. The van der Waals surface area contributed by atoms with Gasteiger partial charge in [-0.05, 0) is 36.1 Å². The minimum atomic E-state index is 0.102. The van der Waals surface area contributed by atoms with Gasteiger partial charge in [-0.3, -0.25) is 9.88 Å². The molecule has 0 radical (unpaired) electrons. The Morgan fingerprint density at radius 3 is 2.69 bits per heavy atom. The third-order valence-corrected chi connectivity index (χ3v) is 6.32. The van der Waals surface area contributed by atoms with Crippen LogP contribution in [0, 0.1) is 18.8 Å². The molecule has 4 rings (SSSR count). The summed E-state index contributed by atoms with van der Waals surface area (Å²) < 4.78 is 5.48. The molecule has 0 unspecified atom stereocenters. The predicted molar refractivity (Wildman–Crippen MR) is 113 cm³/mol. The van der Waals surface area contributed by atoms with E-state index >= 15 is 0 Å². The average Bonchev–Trinajstić information content (AvgIpc) is 3.25. The number of aromatic nitrogens is 1. The van der Waals surface area contributed by atoms with E-state index in [1.165, 1.54) is 11.1 Å². The number of hydrogen-bond donors (Lipinski definition) is 0. The van der Waals surface area contributed by atoms with Crippen molar-refractivity contribution in [1.29, 1.82) is 0 Å². The Kier molecular flexibility index (Phi) is 5.46. The summed E-state index contributed by atoms with van der Waals surface area (Å²) in [6.07, 6.45) is 1.82. The molecule has 154 valence electrons. The molecule has 0 aliphatic carbocycles. The number of nitrogens with zero attached hydrogens (tertiary/aromatic N) is 4. The fourth-order valence-electron chi connectivity index (χ4n) is 4.98. The van der Waals surface area contributed by atoms with Gasteiger partial charge in [0.25, 0.3) is 0 Å². The lowest BCUT2D eigenvalue weighted by Crippen LogP contribution is -2.41. The third kappa shape index (κ3) is 3.69. The summed E-state index contributed by atoms with van der Waals surface area (Å²) in [6.45, 7) is 5.66. The van der Waals surface area contributed by atoms with Gasteiger partial charge in [-0.2, -0.15) is 0 Å². The Labute approximate surface area is 173 Å². The number of rotatable bonds is 4. The quantitative estimate of drug-likeness (QED) is 0.799. The highest BCUT2D eigenvalue weighted by atomic mass is 16.5. The van der Waals surface area contributed by atoms with E-state index in [0.717, 1.165) is 37.6 Å². The van der Waals surface area contributed by atoms with Crippen molar-refractivity contribution in [3.63, 3.8) is 0 Å². The first-order chi connectivity index (χ1) is 14.0. The van der Waals surface area contributed by atoms with Crippen molar-refractivity contribution < 1.29 is 9.53 Å². The number of fused-ring (bicyclic) bond motifs is 1. The predicted octanol–water partition coefficient (Wildman–Crippen LogP) is 3.19. The third-order valence-electron chi connectivity index (χ3n) is 6.32.